The quantitative estimate of drug-likeness (QED) is 0.707. The van der Waals surface area contributed by atoms with Gasteiger partial charge in [0.2, 0.25) is 15.9 Å². The average Bonchev–Trinajstić information content (AvgIpc) is 2.75. The van der Waals surface area contributed by atoms with Crippen LogP contribution in [0.15, 0.2) is 41.3 Å². The third-order valence-corrected chi connectivity index (χ3v) is 7.64. The fourth-order valence-corrected chi connectivity index (χ4v) is 5.27. The number of benzene rings is 2. The zero-order chi connectivity index (χ0) is 22.6. The monoisotopic (exact) mass is 446 g/mol. The standard InChI is InChI=1S/C23H30N2O5S/c1-16-5-7-20(13-17(16)2)31(27,28)25-11-9-19(10-12-25)24-23(26)15-18-6-8-21(29-3)22(14-18)30-4/h5-8,13-14,19H,9-12,15H2,1-4H3,(H,24,26). The Hall–Kier alpha value is -2.58. The van der Waals surface area contributed by atoms with E-state index in [1.54, 1.807) is 38.5 Å². The molecule has 7 nitrogen and oxygen atoms in total. The molecular formula is C23H30N2O5S. The molecule has 1 aliphatic heterocycles. The summed E-state index contributed by atoms with van der Waals surface area (Å²) in [6.07, 6.45) is 1.39. The molecule has 2 aromatic carbocycles. The van der Waals surface area contributed by atoms with Crippen LogP contribution in [-0.2, 0) is 21.2 Å². The van der Waals surface area contributed by atoms with Gasteiger partial charge in [0, 0.05) is 19.1 Å². The van der Waals surface area contributed by atoms with Gasteiger partial charge < -0.3 is 14.8 Å². The van der Waals surface area contributed by atoms with E-state index in [-0.39, 0.29) is 18.4 Å². The van der Waals surface area contributed by atoms with Crippen molar-refractivity contribution in [2.45, 2.75) is 44.0 Å². The molecular weight excluding hydrogens is 416 g/mol. The van der Waals surface area contributed by atoms with Gasteiger partial charge in [0.25, 0.3) is 0 Å². The number of nitrogens with zero attached hydrogens (tertiary/aromatic N) is 1. The average molecular weight is 447 g/mol. The predicted molar refractivity (Wildman–Crippen MR) is 119 cm³/mol. The summed E-state index contributed by atoms with van der Waals surface area (Å²) < 4.78 is 37.9. The Morgan fingerprint density at radius 1 is 1.00 bits per heavy atom. The third kappa shape index (κ3) is 5.37. The molecule has 1 aliphatic rings. The Bertz CT molecular complexity index is 1040. The molecule has 0 atom stereocenters. The molecule has 1 N–H and O–H groups in total. The molecule has 2 aromatic rings. The van der Waals surface area contributed by atoms with Gasteiger partial charge in [-0.1, -0.05) is 12.1 Å². The molecule has 31 heavy (non-hydrogen) atoms. The molecule has 0 spiro atoms. The van der Waals surface area contributed by atoms with Crippen molar-refractivity contribution in [1.82, 2.24) is 9.62 Å². The minimum Gasteiger partial charge on any atom is -0.493 e. The van der Waals surface area contributed by atoms with Gasteiger partial charge in [0.15, 0.2) is 11.5 Å². The Morgan fingerprint density at radius 3 is 2.29 bits per heavy atom. The first-order chi connectivity index (χ1) is 14.7. The smallest absolute Gasteiger partial charge is 0.243 e. The second-order valence-corrected chi connectivity index (χ2v) is 9.80. The van der Waals surface area contributed by atoms with E-state index >= 15 is 0 Å². The summed E-state index contributed by atoms with van der Waals surface area (Å²) in [5.41, 5.74) is 2.85. The molecule has 0 unspecified atom stereocenters. The van der Waals surface area contributed by atoms with Crippen molar-refractivity contribution in [1.29, 1.82) is 0 Å². The summed E-state index contributed by atoms with van der Waals surface area (Å²) in [6, 6.07) is 10.6. The molecule has 1 saturated heterocycles. The van der Waals surface area contributed by atoms with Gasteiger partial charge in [0.1, 0.15) is 0 Å². The lowest BCUT2D eigenvalue weighted by Crippen LogP contribution is -2.46. The minimum absolute atomic E-state index is 0.0427. The summed E-state index contributed by atoms with van der Waals surface area (Å²) in [7, 11) is -0.398. The van der Waals surface area contributed by atoms with E-state index in [2.05, 4.69) is 5.32 Å². The number of amides is 1. The normalized spacial score (nSPS) is 15.5. The second kappa shape index (κ2) is 9.70. The van der Waals surface area contributed by atoms with E-state index in [1.807, 2.05) is 26.0 Å². The van der Waals surface area contributed by atoms with Crippen LogP contribution < -0.4 is 14.8 Å². The molecule has 0 aromatic heterocycles. The van der Waals surface area contributed by atoms with E-state index in [9.17, 15) is 13.2 Å². The highest BCUT2D eigenvalue weighted by Crippen LogP contribution is 2.28. The lowest BCUT2D eigenvalue weighted by atomic mass is 10.1. The minimum atomic E-state index is -3.52. The van der Waals surface area contributed by atoms with Crippen molar-refractivity contribution in [3.05, 3.63) is 53.1 Å². The number of methoxy groups -OCH3 is 2. The molecule has 0 saturated carbocycles. The van der Waals surface area contributed by atoms with Crippen LogP contribution in [0, 0.1) is 13.8 Å². The number of rotatable bonds is 7. The number of nitrogens with one attached hydrogen (secondary N) is 1. The van der Waals surface area contributed by atoms with Crippen LogP contribution >= 0.6 is 0 Å². The topological polar surface area (TPSA) is 84.9 Å². The van der Waals surface area contributed by atoms with E-state index in [0.29, 0.717) is 42.3 Å². The fourth-order valence-electron chi connectivity index (χ4n) is 3.72. The van der Waals surface area contributed by atoms with Crippen molar-refractivity contribution < 1.29 is 22.7 Å². The van der Waals surface area contributed by atoms with Gasteiger partial charge in [-0.2, -0.15) is 4.31 Å². The van der Waals surface area contributed by atoms with Crippen LogP contribution in [0.3, 0.4) is 0 Å². The van der Waals surface area contributed by atoms with Gasteiger partial charge >= 0.3 is 0 Å². The fraction of sp³-hybridized carbons (Fsp3) is 0.435. The third-order valence-electron chi connectivity index (χ3n) is 5.75. The number of ether oxygens (including phenoxy) is 2. The molecule has 1 fully saturated rings. The summed E-state index contributed by atoms with van der Waals surface area (Å²) >= 11 is 0. The van der Waals surface area contributed by atoms with E-state index in [0.717, 1.165) is 16.7 Å². The lowest BCUT2D eigenvalue weighted by molar-refractivity contribution is -0.121. The molecule has 1 heterocycles. The zero-order valence-electron chi connectivity index (χ0n) is 18.5. The maximum atomic E-state index is 12.9. The maximum absolute atomic E-state index is 12.9. The van der Waals surface area contributed by atoms with Crippen LogP contribution in [0.1, 0.15) is 29.5 Å². The maximum Gasteiger partial charge on any atom is 0.243 e. The molecule has 0 aliphatic carbocycles. The van der Waals surface area contributed by atoms with Gasteiger partial charge in [-0.25, -0.2) is 8.42 Å². The highest BCUT2D eigenvalue weighted by molar-refractivity contribution is 7.89. The number of carbonyl (C=O) groups is 1. The van der Waals surface area contributed by atoms with Gasteiger partial charge in [-0.15, -0.1) is 0 Å². The lowest BCUT2D eigenvalue weighted by Gasteiger charge is -2.31. The van der Waals surface area contributed by atoms with Crippen molar-refractivity contribution in [3.63, 3.8) is 0 Å². The number of aryl methyl sites for hydroxylation is 2. The molecule has 8 heteroatoms. The van der Waals surface area contributed by atoms with Crippen molar-refractivity contribution >= 4 is 15.9 Å². The van der Waals surface area contributed by atoms with Gasteiger partial charge in [-0.05, 0) is 67.6 Å². The van der Waals surface area contributed by atoms with E-state index in [4.69, 9.17) is 9.47 Å². The van der Waals surface area contributed by atoms with Crippen molar-refractivity contribution in [3.8, 4) is 11.5 Å². The summed E-state index contributed by atoms with van der Waals surface area (Å²) in [6.45, 7) is 4.64. The summed E-state index contributed by atoms with van der Waals surface area (Å²) in [4.78, 5) is 12.8. The number of sulfonamides is 1. The highest BCUT2D eigenvalue weighted by atomic mass is 32.2. The second-order valence-electron chi connectivity index (χ2n) is 7.86. The zero-order valence-corrected chi connectivity index (χ0v) is 19.3. The first-order valence-electron chi connectivity index (χ1n) is 10.3. The molecule has 168 valence electrons. The molecule has 1 amide bonds. The number of carbonyl (C=O) groups excluding carboxylic acids is 1. The first kappa shape index (κ1) is 23.1. The summed E-state index contributed by atoms with van der Waals surface area (Å²) in [5.74, 6) is 1.10. The first-order valence-corrected chi connectivity index (χ1v) is 11.8. The molecule has 0 bridgehead atoms. The number of hydrogen-bond donors (Lipinski definition) is 1. The number of piperidine rings is 1. The number of hydrogen-bond acceptors (Lipinski definition) is 5. The molecule has 3 rings (SSSR count). The predicted octanol–water partition coefficient (Wildman–Crippen LogP) is 2.83. The Morgan fingerprint density at radius 2 is 1.68 bits per heavy atom. The Kier molecular flexibility index (Phi) is 7.23. The van der Waals surface area contributed by atoms with Crippen LogP contribution in [-0.4, -0.2) is 52.0 Å². The van der Waals surface area contributed by atoms with Crippen LogP contribution in [0.5, 0.6) is 11.5 Å². The Balaban J connectivity index is 1.56. The highest BCUT2D eigenvalue weighted by Gasteiger charge is 2.30. The van der Waals surface area contributed by atoms with Crippen LogP contribution in [0.2, 0.25) is 0 Å². The van der Waals surface area contributed by atoms with Crippen LogP contribution in [0.4, 0.5) is 0 Å². The van der Waals surface area contributed by atoms with E-state index in [1.165, 1.54) is 4.31 Å². The van der Waals surface area contributed by atoms with Gasteiger partial charge in [-0.3, -0.25) is 4.79 Å². The van der Waals surface area contributed by atoms with Crippen LogP contribution in [0.25, 0.3) is 0 Å². The van der Waals surface area contributed by atoms with Gasteiger partial charge in [0.05, 0.1) is 25.5 Å². The van der Waals surface area contributed by atoms with Crippen molar-refractivity contribution in [2.75, 3.05) is 27.3 Å². The van der Waals surface area contributed by atoms with Crippen molar-refractivity contribution in [2.24, 2.45) is 0 Å². The largest absolute Gasteiger partial charge is 0.493 e. The Labute approximate surface area is 184 Å². The molecule has 0 radical (unpaired) electrons. The SMILES string of the molecule is COc1ccc(CC(=O)NC2CCN(S(=O)(=O)c3ccc(C)c(C)c3)CC2)cc1OC. The van der Waals surface area contributed by atoms with E-state index < -0.39 is 10.0 Å². The summed E-state index contributed by atoms with van der Waals surface area (Å²) in [5, 5.41) is 3.03.